The quantitative estimate of drug-likeness (QED) is 0.537. The number of cyclic esters (lactones) is 1. The molecule has 0 radical (unpaired) electrons. The Balaban J connectivity index is 1.81. The van der Waals surface area contributed by atoms with Crippen molar-refractivity contribution < 1.29 is 23.7 Å². The third kappa shape index (κ3) is 4.34. The standard InChI is InChI=1S/C22H23NO5/c1-14-6-5-7-15(10-14)8-9-20-23-17(22(24)28-20)11-16-12-18(25-2)21(27-4)19(13-16)26-3/h5-7,10-13H,8-9H2,1-4H3/b17-11+. The van der Waals surface area contributed by atoms with Crippen LogP contribution < -0.4 is 14.2 Å². The average molecular weight is 381 g/mol. The van der Waals surface area contributed by atoms with Crippen LogP contribution in [0.2, 0.25) is 0 Å². The van der Waals surface area contributed by atoms with Gasteiger partial charge in [-0.2, -0.15) is 0 Å². The van der Waals surface area contributed by atoms with Crippen LogP contribution in [0.1, 0.15) is 23.1 Å². The Morgan fingerprint density at radius 2 is 1.71 bits per heavy atom. The van der Waals surface area contributed by atoms with Crippen LogP contribution in [0.25, 0.3) is 6.08 Å². The van der Waals surface area contributed by atoms with Crippen molar-refractivity contribution in [3.63, 3.8) is 0 Å². The molecule has 6 heteroatoms. The zero-order chi connectivity index (χ0) is 20.1. The third-order valence-corrected chi connectivity index (χ3v) is 4.37. The minimum Gasteiger partial charge on any atom is -0.493 e. The van der Waals surface area contributed by atoms with E-state index in [4.69, 9.17) is 18.9 Å². The highest BCUT2D eigenvalue weighted by Crippen LogP contribution is 2.39. The highest BCUT2D eigenvalue weighted by Gasteiger charge is 2.23. The summed E-state index contributed by atoms with van der Waals surface area (Å²) in [5, 5.41) is 0. The molecular formula is C22H23NO5. The lowest BCUT2D eigenvalue weighted by Gasteiger charge is -2.12. The maximum Gasteiger partial charge on any atom is 0.363 e. The predicted molar refractivity (Wildman–Crippen MR) is 107 cm³/mol. The fourth-order valence-corrected chi connectivity index (χ4v) is 3.02. The van der Waals surface area contributed by atoms with Gasteiger partial charge in [-0.25, -0.2) is 9.79 Å². The second-order valence-electron chi connectivity index (χ2n) is 6.37. The van der Waals surface area contributed by atoms with E-state index in [9.17, 15) is 4.79 Å². The fourth-order valence-electron chi connectivity index (χ4n) is 3.02. The molecule has 6 nitrogen and oxygen atoms in total. The molecule has 3 rings (SSSR count). The van der Waals surface area contributed by atoms with Crippen LogP contribution in [0, 0.1) is 6.92 Å². The summed E-state index contributed by atoms with van der Waals surface area (Å²) in [6, 6.07) is 11.7. The Labute approximate surface area is 164 Å². The molecule has 0 atom stereocenters. The highest BCUT2D eigenvalue weighted by molar-refractivity contribution is 6.07. The molecule has 146 valence electrons. The van der Waals surface area contributed by atoms with Gasteiger partial charge >= 0.3 is 5.97 Å². The van der Waals surface area contributed by atoms with Gasteiger partial charge in [-0.3, -0.25) is 0 Å². The number of aryl methyl sites for hydroxylation is 2. The summed E-state index contributed by atoms with van der Waals surface area (Å²) in [7, 11) is 4.62. The number of aliphatic imine (C=N–C) groups is 1. The van der Waals surface area contributed by atoms with Crippen molar-refractivity contribution in [1.82, 2.24) is 0 Å². The molecule has 1 aliphatic rings. The Hall–Kier alpha value is -3.28. The maximum absolute atomic E-state index is 12.2. The Morgan fingerprint density at radius 3 is 2.32 bits per heavy atom. The monoisotopic (exact) mass is 381 g/mol. The van der Waals surface area contributed by atoms with Crippen molar-refractivity contribution in [2.75, 3.05) is 21.3 Å². The van der Waals surface area contributed by atoms with Crippen molar-refractivity contribution in [1.29, 1.82) is 0 Å². The number of esters is 1. The first-order chi connectivity index (χ1) is 13.5. The van der Waals surface area contributed by atoms with E-state index in [0.29, 0.717) is 35.1 Å². The molecule has 0 unspecified atom stereocenters. The van der Waals surface area contributed by atoms with Crippen LogP contribution in [0.3, 0.4) is 0 Å². The van der Waals surface area contributed by atoms with Crippen LogP contribution in [0.15, 0.2) is 47.1 Å². The van der Waals surface area contributed by atoms with Crippen molar-refractivity contribution in [2.45, 2.75) is 19.8 Å². The molecule has 0 N–H and O–H groups in total. The number of hydrogen-bond donors (Lipinski definition) is 0. The third-order valence-electron chi connectivity index (χ3n) is 4.37. The summed E-state index contributed by atoms with van der Waals surface area (Å²) in [4.78, 5) is 16.5. The molecule has 0 spiro atoms. The second kappa shape index (κ2) is 8.61. The fraction of sp³-hybridized carbons (Fsp3) is 0.273. The molecule has 0 aliphatic carbocycles. The number of rotatable bonds is 7. The largest absolute Gasteiger partial charge is 0.493 e. The van der Waals surface area contributed by atoms with Gasteiger partial charge in [0.1, 0.15) is 0 Å². The molecule has 0 amide bonds. The van der Waals surface area contributed by atoms with Gasteiger partial charge in [-0.05, 0) is 42.7 Å². The van der Waals surface area contributed by atoms with E-state index < -0.39 is 5.97 Å². The normalized spacial score (nSPS) is 14.6. The number of methoxy groups -OCH3 is 3. The van der Waals surface area contributed by atoms with E-state index in [2.05, 4.69) is 30.1 Å². The van der Waals surface area contributed by atoms with E-state index in [1.807, 2.05) is 6.07 Å². The lowest BCUT2D eigenvalue weighted by molar-refractivity contribution is -0.130. The SMILES string of the molecule is COc1cc(/C=C2/N=C(CCc3cccc(C)c3)OC2=O)cc(OC)c1OC. The molecule has 0 bridgehead atoms. The molecule has 0 aromatic heterocycles. The molecule has 0 saturated heterocycles. The summed E-state index contributed by atoms with van der Waals surface area (Å²) in [6.45, 7) is 2.05. The summed E-state index contributed by atoms with van der Waals surface area (Å²) in [6.07, 6.45) is 2.96. The van der Waals surface area contributed by atoms with Gasteiger partial charge in [0.2, 0.25) is 5.75 Å². The molecule has 28 heavy (non-hydrogen) atoms. The summed E-state index contributed by atoms with van der Waals surface area (Å²) in [5.41, 5.74) is 3.32. The molecule has 0 fully saturated rings. The van der Waals surface area contributed by atoms with Crippen molar-refractivity contribution >= 4 is 17.9 Å². The zero-order valence-corrected chi connectivity index (χ0v) is 16.4. The number of ether oxygens (including phenoxy) is 4. The van der Waals surface area contributed by atoms with Gasteiger partial charge in [-0.1, -0.05) is 29.8 Å². The first-order valence-corrected chi connectivity index (χ1v) is 8.91. The van der Waals surface area contributed by atoms with Gasteiger partial charge in [0.05, 0.1) is 21.3 Å². The van der Waals surface area contributed by atoms with Crippen LogP contribution in [0.5, 0.6) is 17.2 Å². The number of carbonyl (C=O) groups excluding carboxylic acids is 1. The summed E-state index contributed by atoms with van der Waals surface area (Å²) < 4.78 is 21.3. The Kier molecular flexibility index (Phi) is 5.99. The molecule has 1 heterocycles. The number of nitrogens with zero attached hydrogens (tertiary/aromatic N) is 1. The van der Waals surface area contributed by atoms with Gasteiger partial charge in [-0.15, -0.1) is 0 Å². The van der Waals surface area contributed by atoms with Gasteiger partial charge in [0, 0.05) is 6.42 Å². The summed E-state index contributed by atoms with van der Waals surface area (Å²) in [5.74, 6) is 1.45. The number of carbonyl (C=O) groups is 1. The minimum absolute atomic E-state index is 0.244. The highest BCUT2D eigenvalue weighted by atomic mass is 16.6. The molecular weight excluding hydrogens is 358 g/mol. The Bertz CT molecular complexity index is 921. The van der Waals surface area contributed by atoms with Crippen LogP contribution in [0.4, 0.5) is 0 Å². The molecule has 2 aromatic rings. The Morgan fingerprint density at radius 1 is 1.00 bits per heavy atom. The van der Waals surface area contributed by atoms with Gasteiger partial charge < -0.3 is 18.9 Å². The zero-order valence-electron chi connectivity index (χ0n) is 16.4. The van der Waals surface area contributed by atoms with Gasteiger partial charge in [0.25, 0.3) is 0 Å². The topological polar surface area (TPSA) is 66.4 Å². The van der Waals surface area contributed by atoms with E-state index in [0.717, 1.165) is 6.42 Å². The summed E-state index contributed by atoms with van der Waals surface area (Å²) >= 11 is 0. The molecule has 0 saturated carbocycles. The van der Waals surface area contributed by atoms with Crippen LogP contribution in [-0.4, -0.2) is 33.2 Å². The van der Waals surface area contributed by atoms with Crippen molar-refractivity contribution in [3.8, 4) is 17.2 Å². The van der Waals surface area contributed by atoms with Crippen molar-refractivity contribution in [3.05, 3.63) is 58.8 Å². The van der Waals surface area contributed by atoms with E-state index >= 15 is 0 Å². The van der Waals surface area contributed by atoms with Crippen LogP contribution >= 0.6 is 0 Å². The lowest BCUT2D eigenvalue weighted by atomic mass is 10.1. The lowest BCUT2D eigenvalue weighted by Crippen LogP contribution is -2.05. The minimum atomic E-state index is -0.465. The number of hydrogen-bond acceptors (Lipinski definition) is 6. The predicted octanol–water partition coefficient (Wildman–Crippen LogP) is 3.95. The van der Waals surface area contributed by atoms with Crippen LogP contribution in [-0.2, 0) is 16.0 Å². The second-order valence-corrected chi connectivity index (χ2v) is 6.37. The maximum atomic E-state index is 12.2. The van der Waals surface area contributed by atoms with Gasteiger partial charge in [0.15, 0.2) is 23.1 Å². The molecule has 2 aromatic carbocycles. The first-order valence-electron chi connectivity index (χ1n) is 8.91. The van der Waals surface area contributed by atoms with Crippen molar-refractivity contribution in [2.24, 2.45) is 4.99 Å². The van der Waals surface area contributed by atoms with E-state index in [1.165, 1.54) is 18.2 Å². The first kappa shape index (κ1) is 19.5. The number of benzene rings is 2. The molecule has 1 aliphatic heterocycles. The van der Waals surface area contributed by atoms with E-state index in [-0.39, 0.29) is 5.70 Å². The average Bonchev–Trinajstić information content (AvgIpc) is 3.04. The smallest absolute Gasteiger partial charge is 0.363 e. The van der Waals surface area contributed by atoms with E-state index in [1.54, 1.807) is 32.4 Å².